The summed E-state index contributed by atoms with van der Waals surface area (Å²) in [6, 6.07) is 10.8. The molecule has 5 heteroatoms. The van der Waals surface area contributed by atoms with E-state index in [2.05, 4.69) is 26.6 Å². The molecule has 2 rings (SSSR count). The topological polar surface area (TPSA) is 41.1 Å². The van der Waals surface area contributed by atoms with Gasteiger partial charge in [-0.1, -0.05) is 6.07 Å². The maximum Gasteiger partial charge on any atom is 0.323 e. The summed E-state index contributed by atoms with van der Waals surface area (Å²) in [5.41, 5.74) is 2.30. The Balaban J connectivity index is 2.03. The highest BCUT2D eigenvalue weighted by molar-refractivity contribution is 9.10. The van der Waals surface area contributed by atoms with Crippen LogP contribution in [0.15, 0.2) is 46.9 Å². The van der Waals surface area contributed by atoms with E-state index in [-0.39, 0.29) is 11.8 Å². The number of rotatable bonds is 2. The molecule has 0 saturated heterocycles. The predicted octanol–water partition coefficient (Wildman–Crippen LogP) is 4.54. The Kier molecular flexibility index (Phi) is 4.16. The minimum atomic E-state index is -0.379. The van der Waals surface area contributed by atoms with Gasteiger partial charge in [0.1, 0.15) is 5.82 Å². The first-order valence-electron chi connectivity index (χ1n) is 5.64. The van der Waals surface area contributed by atoms with Crippen molar-refractivity contribution < 1.29 is 9.18 Å². The molecule has 0 aliphatic carbocycles. The second-order valence-electron chi connectivity index (χ2n) is 4.07. The summed E-state index contributed by atoms with van der Waals surface area (Å²) in [6.07, 6.45) is 0. The Bertz CT molecular complexity index is 599. The van der Waals surface area contributed by atoms with Crippen molar-refractivity contribution in [1.82, 2.24) is 0 Å². The van der Waals surface area contributed by atoms with Crippen molar-refractivity contribution in [2.75, 3.05) is 10.6 Å². The molecule has 2 aromatic carbocycles. The molecule has 19 heavy (non-hydrogen) atoms. The fourth-order valence-electron chi connectivity index (χ4n) is 1.54. The van der Waals surface area contributed by atoms with Crippen LogP contribution in [0.1, 0.15) is 5.56 Å². The number of hydrogen-bond donors (Lipinski definition) is 2. The number of nitrogens with one attached hydrogen (secondary N) is 2. The lowest BCUT2D eigenvalue weighted by Crippen LogP contribution is -2.19. The van der Waals surface area contributed by atoms with Crippen molar-refractivity contribution in [3.63, 3.8) is 0 Å². The summed E-state index contributed by atoms with van der Waals surface area (Å²) in [6.45, 7) is 1.97. The van der Waals surface area contributed by atoms with Crippen molar-refractivity contribution >= 4 is 33.3 Å². The summed E-state index contributed by atoms with van der Waals surface area (Å²) in [4.78, 5) is 11.8. The zero-order valence-corrected chi connectivity index (χ0v) is 11.8. The maximum atomic E-state index is 12.7. The summed E-state index contributed by atoms with van der Waals surface area (Å²) >= 11 is 3.38. The van der Waals surface area contributed by atoms with Gasteiger partial charge in [-0.2, -0.15) is 0 Å². The largest absolute Gasteiger partial charge is 0.323 e. The third-order valence-electron chi connectivity index (χ3n) is 2.47. The van der Waals surface area contributed by atoms with Crippen LogP contribution >= 0.6 is 15.9 Å². The number of carbonyl (C=O) groups is 1. The van der Waals surface area contributed by atoms with Crippen LogP contribution in [0.25, 0.3) is 0 Å². The van der Waals surface area contributed by atoms with Crippen LogP contribution in [0.5, 0.6) is 0 Å². The van der Waals surface area contributed by atoms with Crippen molar-refractivity contribution in [2.24, 2.45) is 0 Å². The zero-order chi connectivity index (χ0) is 13.8. The molecule has 0 unspecified atom stereocenters. The molecule has 0 radical (unpaired) electrons. The molecule has 2 N–H and O–H groups in total. The van der Waals surface area contributed by atoms with Crippen LogP contribution in [0.3, 0.4) is 0 Å². The van der Waals surface area contributed by atoms with Crippen molar-refractivity contribution in [2.45, 2.75) is 6.92 Å². The molecule has 3 nitrogen and oxygen atoms in total. The second kappa shape index (κ2) is 5.84. The van der Waals surface area contributed by atoms with Crippen LogP contribution < -0.4 is 10.6 Å². The van der Waals surface area contributed by atoms with Crippen LogP contribution in [-0.2, 0) is 0 Å². The molecule has 0 spiro atoms. The van der Waals surface area contributed by atoms with Crippen LogP contribution in [0.4, 0.5) is 20.6 Å². The zero-order valence-electron chi connectivity index (χ0n) is 10.2. The van der Waals surface area contributed by atoms with E-state index in [9.17, 15) is 9.18 Å². The SMILES string of the molecule is Cc1ccc(NC(=O)Nc2ccc(F)cc2)c(Br)c1. The number of aryl methyl sites for hydroxylation is 1. The first kappa shape index (κ1) is 13.5. The molecule has 2 aromatic rings. The van der Waals surface area contributed by atoms with Gasteiger partial charge in [0.05, 0.1) is 5.69 Å². The lowest BCUT2D eigenvalue weighted by Gasteiger charge is -2.09. The fourth-order valence-corrected chi connectivity index (χ4v) is 2.13. The van der Waals surface area contributed by atoms with Crippen molar-refractivity contribution in [1.29, 1.82) is 0 Å². The van der Waals surface area contributed by atoms with Gasteiger partial charge >= 0.3 is 6.03 Å². The molecular formula is C14H12BrFN2O. The van der Waals surface area contributed by atoms with Crippen molar-refractivity contribution in [3.05, 3.63) is 58.3 Å². The predicted molar refractivity (Wildman–Crippen MR) is 77.9 cm³/mol. The average Bonchev–Trinajstić information content (AvgIpc) is 2.36. The highest BCUT2D eigenvalue weighted by atomic mass is 79.9. The third-order valence-corrected chi connectivity index (χ3v) is 3.13. The molecular weight excluding hydrogens is 311 g/mol. The molecule has 0 fully saturated rings. The molecule has 0 bridgehead atoms. The van der Waals surface area contributed by atoms with E-state index in [0.717, 1.165) is 10.0 Å². The van der Waals surface area contributed by atoms with E-state index in [1.807, 2.05) is 25.1 Å². The molecule has 0 aliphatic rings. The molecule has 98 valence electrons. The number of halogens is 2. The molecule has 0 atom stereocenters. The quantitative estimate of drug-likeness (QED) is 0.837. The van der Waals surface area contributed by atoms with Crippen molar-refractivity contribution in [3.8, 4) is 0 Å². The summed E-state index contributed by atoms with van der Waals surface area (Å²) in [7, 11) is 0. The average molecular weight is 323 g/mol. The molecule has 0 heterocycles. The Hall–Kier alpha value is -1.88. The van der Waals surface area contributed by atoms with E-state index in [1.54, 1.807) is 0 Å². The first-order valence-corrected chi connectivity index (χ1v) is 6.43. The number of anilines is 2. The van der Waals surface area contributed by atoms with E-state index < -0.39 is 0 Å². The first-order chi connectivity index (χ1) is 9.04. The highest BCUT2D eigenvalue weighted by Crippen LogP contribution is 2.23. The number of amides is 2. The van der Waals surface area contributed by atoms with Gasteiger partial charge in [-0.15, -0.1) is 0 Å². The summed E-state index contributed by atoms with van der Waals surface area (Å²) < 4.78 is 13.5. The number of hydrogen-bond acceptors (Lipinski definition) is 1. The van der Waals surface area contributed by atoms with Gasteiger partial charge in [-0.3, -0.25) is 0 Å². The Morgan fingerprint density at radius 1 is 1.11 bits per heavy atom. The van der Waals surface area contributed by atoms with Gasteiger partial charge in [0.2, 0.25) is 0 Å². The lowest BCUT2D eigenvalue weighted by atomic mass is 10.2. The standard InChI is InChI=1S/C14H12BrFN2O/c1-9-2-7-13(12(15)8-9)18-14(19)17-11-5-3-10(16)4-6-11/h2-8H,1H3,(H2,17,18,19). The van der Waals surface area contributed by atoms with Gasteiger partial charge in [0.25, 0.3) is 0 Å². The van der Waals surface area contributed by atoms with Gasteiger partial charge < -0.3 is 10.6 Å². The Morgan fingerprint density at radius 2 is 1.79 bits per heavy atom. The van der Waals surface area contributed by atoms with E-state index >= 15 is 0 Å². The van der Waals surface area contributed by atoms with Gasteiger partial charge in [-0.25, -0.2) is 9.18 Å². The molecule has 0 saturated carbocycles. The van der Waals surface area contributed by atoms with Gasteiger partial charge in [-0.05, 0) is 64.8 Å². The molecule has 0 aliphatic heterocycles. The van der Waals surface area contributed by atoms with Crippen LogP contribution in [0, 0.1) is 12.7 Å². The minimum Gasteiger partial charge on any atom is -0.308 e. The monoisotopic (exact) mass is 322 g/mol. The fraction of sp³-hybridized carbons (Fsp3) is 0.0714. The third kappa shape index (κ3) is 3.79. The van der Waals surface area contributed by atoms with Crippen LogP contribution in [0.2, 0.25) is 0 Å². The molecule has 0 aromatic heterocycles. The van der Waals surface area contributed by atoms with Gasteiger partial charge in [0, 0.05) is 10.2 Å². The lowest BCUT2D eigenvalue weighted by molar-refractivity contribution is 0.262. The summed E-state index contributed by atoms with van der Waals surface area (Å²) in [5, 5.41) is 5.33. The Morgan fingerprint density at radius 3 is 2.42 bits per heavy atom. The summed E-state index contributed by atoms with van der Waals surface area (Å²) in [5.74, 6) is -0.341. The number of urea groups is 1. The molecule has 2 amide bonds. The highest BCUT2D eigenvalue weighted by Gasteiger charge is 2.05. The van der Waals surface area contributed by atoms with E-state index in [0.29, 0.717) is 11.4 Å². The maximum absolute atomic E-state index is 12.7. The normalized spacial score (nSPS) is 10.1. The number of carbonyl (C=O) groups excluding carboxylic acids is 1. The van der Waals surface area contributed by atoms with Gasteiger partial charge in [0.15, 0.2) is 0 Å². The minimum absolute atomic E-state index is 0.341. The van der Waals surface area contributed by atoms with E-state index in [1.165, 1.54) is 24.3 Å². The smallest absolute Gasteiger partial charge is 0.308 e. The number of benzene rings is 2. The van der Waals surface area contributed by atoms with Crippen LogP contribution in [-0.4, -0.2) is 6.03 Å². The van der Waals surface area contributed by atoms with E-state index in [4.69, 9.17) is 0 Å². The second-order valence-corrected chi connectivity index (χ2v) is 4.92. The Labute approximate surface area is 119 Å².